The molecule has 1 aliphatic rings. The third-order valence-electron chi connectivity index (χ3n) is 3.24. The minimum atomic E-state index is -0.550. The molecule has 104 valence electrons. The highest BCUT2D eigenvalue weighted by atomic mass is 16.7. The number of benzene rings is 1. The van der Waals surface area contributed by atoms with E-state index in [0.29, 0.717) is 0 Å². The standard InChI is InChI=1S/C14H19NO4/c1-11-6-5-9-14(18-11)19-13(10-15(16)17)12-7-3-2-4-8-12/h2-4,7-8,11,13-14H,5-6,9-10H2,1H3/t11-,13-,14?/m0/s1. The molecule has 0 saturated carbocycles. The second kappa shape index (κ2) is 6.63. The Kier molecular flexibility index (Phi) is 4.87. The third kappa shape index (κ3) is 4.29. The van der Waals surface area contributed by atoms with Gasteiger partial charge < -0.3 is 9.47 Å². The topological polar surface area (TPSA) is 61.6 Å². The number of nitro groups is 1. The molecule has 1 fully saturated rings. The molecule has 1 saturated heterocycles. The molecular weight excluding hydrogens is 246 g/mol. The Bertz CT molecular complexity index is 409. The van der Waals surface area contributed by atoms with Gasteiger partial charge in [-0.25, -0.2) is 0 Å². The zero-order chi connectivity index (χ0) is 13.7. The molecule has 1 heterocycles. The molecule has 1 aromatic carbocycles. The monoisotopic (exact) mass is 265 g/mol. The van der Waals surface area contributed by atoms with Crippen LogP contribution in [0.3, 0.4) is 0 Å². The Balaban J connectivity index is 2.03. The first kappa shape index (κ1) is 14.0. The minimum absolute atomic E-state index is 0.158. The van der Waals surface area contributed by atoms with Gasteiger partial charge in [-0.15, -0.1) is 0 Å². The molecule has 0 N–H and O–H groups in total. The van der Waals surface area contributed by atoms with Crippen molar-refractivity contribution in [3.8, 4) is 0 Å². The van der Waals surface area contributed by atoms with Crippen LogP contribution in [-0.2, 0) is 9.47 Å². The fourth-order valence-corrected chi connectivity index (χ4v) is 2.28. The van der Waals surface area contributed by atoms with E-state index < -0.39 is 6.10 Å². The average molecular weight is 265 g/mol. The van der Waals surface area contributed by atoms with E-state index in [1.807, 2.05) is 37.3 Å². The summed E-state index contributed by atoms with van der Waals surface area (Å²) in [5.74, 6) is 0. The van der Waals surface area contributed by atoms with Crippen LogP contribution in [0, 0.1) is 10.1 Å². The summed E-state index contributed by atoms with van der Waals surface area (Å²) in [6.45, 7) is 1.76. The predicted octanol–water partition coefficient (Wildman–Crippen LogP) is 2.94. The van der Waals surface area contributed by atoms with Crippen LogP contribution in [0.1, 0.15) is 37.9 Å². The van der Waals surface area contributed by atoms with E-state index in [1.54, 1.807) is 0 Å². The van der Waals surface area contributed by atoms with Gasteiger partial charge in [0.2, 0.25) is 6.54 Å². The van der Waals surface area contributed by atoms with Gasteiger partial charge in [-0.05, 0) is 31.7 Å². The molecule has 0 aromatic heterocycles. The minimum Gasteiger partial charge on any atom is -0.350 e. The van der Waals surface area contributed by atoms with Gasteiger partial charge in [0.05, 0.1) is 6.10 Å². The molecule has 0 amide bonds. The Morgan fingerprint density at radius 3 is 2.79 bits per heavy atom. The molecule has 0 spiro atoms. The van der Waals surface area contributed by atoms with E-state index >= 15 is 0 Å². The van der Waals surface area contributed by atoms with Gasteiger partial charge in [0.15, 0.2) is 6.29 Å². The molecule has 5 heteroatoms. The van der Waals surface area contributed by atoms with Crippen molar-refractivity contribution in [2.75, 3.05) is 6.54 Å². The van der Waals surface area contributed by atoms with E-state index in [-0.39, 0.29) is 23.9 Å². The zero-order valence-corrected chi connectivity index (χ0v) is 11.0. The van der Waals surface area contributed by atoms with Crippen molar-refractivity contribution in [2.45, 2.75) is 44.7 Å². The van der Waals surface area contributed by atoms with E-state index in [2.05, 4.69) is 0 Å². The van der Waals surface area contributed by atoms with Gasteiger partial charge in [0.25, 0.3) is 0 Å². The van der Waals surface area contributed by atoms with Crippen LogP contribution in [0.15, 0.2) is 30.3 Å². The van der Waals surface area contributed by atoms with Crippen LogP contribution in [0.2, 0.25) is 0 Å². The molecule has 1 aliphatic heterocycles. The lowest BCUT2D eigenvalue weighted by atomic mass is 10.1. The molecular formula is C14H19NO4. The lowest BCUT2D eigenvalue weighted by Gasteiger charge is -2.30. The van der Waals surface area contributed by atoms with E-state index in [0.717, 1.165) is 24.8 Å². The number of hydrogen-bond acceptors (Lipinski definition) is 4. The second-order valence-corrected chi connectivity index (χ2v) is 4.86. The maximum atomic E-state index is 10.8. The van der Waals surface area contributed by atoms with Crippen molar-refractivity contribution in [2.24, 2.45) is 0 Å². The van der Waals surface area contributed by atoms with E-state index in [1.165, 1.54) is 0 Å². The van der Waals surface area contributed by atoms with E-state index in [4.69, 9.17) is 9.47 Å². The Hall–Kier alpha value is -1.46. The van der Waals surface area contributed by atoms with Crippen molar-refractivity contribution in [3.63, 3.8) is 0 Å². The number of rotatable bonds is 5. The summed E-state index contributed by atoms with van der Waals surface area (Å²) in [7, 11) is 0. The highest BCUT2D eigenvalue weighted by Gasteiger charge is 2.26. The quantitative estimate of drug-likeness (QED) is 0.606. The van der Waals surface area contributed by atoms with Crippen LogP contribution in [0.5, 0.6) is 0 Å². The van der Waals surface area contributed by atoms with Gasteiger partial charge >= 0.3 is 0 Å². The van der Waals surface area contributed by atoms with Gasteiger partial charge in [0.1, 0.15) is 6.10 Å². The van der Waals surface area contributed by atoms with Crippen LogP contribution >= 0.6 is 0 Å². The van der Waals surface area contributed by atoms with Crippen molar-refractivity contribution in [1.82, 2.24) is 0 Å². The SMILES string of the molecule is C[C@H]1CCCC(O[C@@H](C[N+](=O)[O-])c2ccccc2)O1. The Morgan fingerprint density at radius 1 is 1.42 bits per heavy atom. The summed E-state index contributed by atoms with van der Waals surface area (Å²) in [5, 5.41) is 10.8. The molecule has 1 unspecified atom stereocenters. The molecule has 0 aliphatic carbocycles. The smallest absolute Gasteiger partial charge is 0.233 e. The number of nitrogens with zero attached hydrogens (tertiary/aromatic N) is 1. The third-order valence-corrected chi connectivity index (χ3v) is 3.24. The van der Waals surface area contributed by atoms with Crippen LogP contribution in [0.25, 0.3) is 0 Å². The lowest BCUT2D eigenvalue weighted by molar-refractivity contribution is -0.496. The second-order valence-electron chi connectivity index (χ2n) is 4.86. The van der Waals surface area contributed by atoms with Crippen molar-refractivity contribution in [3.05, 3.63) is 46.0 Å². The van der Waals surface area contributed by atoms with Crippen LogP contribution < -0.4 is 0 Å². The average Bonchev–Trinajstić information content (AvgIpc) is 2.38. The first-order valence-electron chi connectivity index (χ1n) is 6.63. The first-order chi connectivity index (χ1) is 9.15. The number of hydrogen-bond donors (Lipinski definition) is 0. The summed E-state index contributed by atoms with van der Waals surface area (Å²) in [4.78, 5) is 10.4. The molecule has 0 bridgehead atoms. The Morgan fingerprint density at radius 2 is 2.16 bits per heavy atom. The molecule has 0 radical (unpaired) electrons. The molecule has 5 nitrogen and oxygen atoms in total. The lowest BCUT2D eigenvalue weighted by Crippen LogP contribution is -2.31. The maximum absolute atomic E-state index is 10.8. The highest BCUT2D eigenvalue weighted by Crippen LogP contribution is 2.26. The molecule has 19 heavy (non-hydrogen) atoms. The summed E-state index contributed by atoms with van der Waals surface area (Å²) < 4.78 is 11.5. The van der Waals surface area contributed by atoms with E-state index in [9.17, 15) is 10.1 Å². The first-order valence-corrected chi connectivity index (χ1v) is 6.63. The normalized spacial score (nSPS) is 24.9. The zero-order valence-electron chi connectivity index (χ0n) is 11.0. The summed E-state index contributed by atoms with van der Waals surface area (Å²) in [5.41, 5.74) is 0.820. The maximum Gasteiger partial charge on any atom is 0.233 e. The molecule has 1 aromatic rings. The van der Waals surface area contributed by atoms with Crippen molar-refractivity contribution in [1.29, 1.82) is 0 Å². The predicted molar refractivity (Wildman–Crippen MR) is 70.3 cm³/mol. The summed E-state index contributed by atoms with van der Waals surface area (Å²) in [6, 6.07) is 9.29. The van der Waals surface area contributed by atoms with Crippen LogP contribution in [-0.4, -0.2) is 23.9 Å². The summed E-state index contributed by atoms with van der Waals surface area (Å²) >= 11 is 0. The van der Waals surface area contributed by atoms with Crippen LogP contribution in [0.4, 0.5) is 0 Å². The highest BCUT2D eigenvalue weighted by molar-refractivity contribution is 5.17. The number of ether oxygens (including phenoxy) is 2. The molecule has 2 rings (SSSR count). The molecule has 3 atom stereocenters. The van der Waals surface area contributed by atoms with Gasteiger partial charge in [-0.2, -0.15) is 0 Å². The fourth-order valence-electron chi connectivity index (χ4n) is 2.28. The fraction of sp³-hybridized carbons (Fsp3) is 0.571. The largest absolute Gasteiger partial charge is 0.350 e. The van der Waals surface area contributed by atoms with Gasteiger partial charge in [0, 0.05) is 4.92 Å². The summed E-state index contributed by atoms with van der Waals surface area (Å²) in [6.07, 6.45) is 2.12. The van der Waals surface area contributed by atoms with Crippen molar-refractivity contribution >= 4 is 0 Å². The van der Waals surface area contributed by atoms with Gasteiger partial charge in [-0.3, -0.25) is 10.1 Å². The Labute approximate surface area is 112 Å². The van der Waals surface area contributed by atoms with Crippen molar-refractivity contribution < 1.29 is 14.4 Å². The van der Waals surface area contributed by atoms with Gasteiger partial charge in [-0.1, -0.05) is 30.3 Å².